The lowest BCUT2D eigenvalue weighted by molar-refractivity contribution is -0.128. The van der Waals surface area contributed by atoms with Crippen LogP contribution in [0.4, 0.5) is 15.8 Å². The maximum atomic E-state index is 13.1. The van der Waals surface area contributed by atoms with Crippen molar-refractivity contribution in [3.05, 3.63) is 59.4 Å². The number of thioether (sulfide) groups is 1. The van der Waals surface area contributed by atoms with E-state index in [-0.39, 0.29) is 24.1 Å². The van der Waals surface area contributed by atoms with Crippen molar-refractivity contribution < 1.29 is 14.0 Å². The van der Waals surface area contributed by atoms with Crippen LogP contribution >= 0.6 is 11.8 Å². The molecule has 1 aliphatic heterocycles. The molecule has 0 radical (unpaired) electrons. The number of hydrogen-bond donors (Lipinski definition) is 1. The second-order valence-corrected chi connectivity index (χ2v) is 8.21. The molecule has 1 aliphatic rings. The number of amides is 2. The molecule has 2 aromatic rings. The number of aliphatic imine (C=N–C) groups is 1. The highest BCUT2D eigenvalue weighted by Crippen LogP contribution is 2.32. The van der Waals surface area contributed by atoms with Crippen molar-refractivity contribution in [2.45, 2.75) is 38.9 Å². The molecule has 0 bridgehead atoms. The SMILES string of the molecule is CCCN1C(=O)[C@H](CC(=O)Nc2cc(C)ccc2C)SC1=Nc1ccc(F)cc1. The molecule has 3 rings (SSSR count). The Bertz CT molecular complexity index is 944. The number of carbonyl (C=O) groups is 2. The fraction of sp³-hybridized carbons (Fsp3) is 0.318. The Hall–Kier alpha value is -2.67. The summed E-state index contributed by atoms with van der Waals surface area (Å²) in [4.78, 5) is 31.5. The van der Waals surface area contributed by atoms with E-state index in [1.165, 1.54) is 23.9 Å². The molecular weight excluding hydrogens is 389 g/mol. The third-order valence-electron chi connectivity index (χ3n) is 4.56. The lowest BCUT2D eigenvalue weighted by Crippen LogP contribution is -2.34. The van der Waals surface area contributed by atoms with Gasteiger partial charge in [-0.15, -0.1) is 0 Å². The van der Waals surface area contributed by atoms with Crippen LogP contribution in [0.15, 0.2) is 47.5 Å². The Morgan fingerprint density at radius 3 is 2.62 bits per heavy atom. The van der Waals surface area contributed by atoms with Gasteiger partial charge in [-0.2, -0.15) is 0 Å². The molecule has 1 heterocycles. The second-order valence-electron chi connectivity index (χ2n) is 7.04. The number of benzene rings is 2. The van der Waals surface area contributed by atoms with Crippen LogP contribution in [0.3, 0.4) is 0 Å². The molecule has 1 N–H and O–H groups in total. The van der Waals surface area contributed by atoms with Crippen molar-refractivity contribution in [1.29, 1.82) is 0 Å². The van der Waals surface area contributed by atoms with Gasteiger partial charge in [0.15, 0.2) is 5.17 Å². The highest BCUT2D eigenvalue weighted by molar-refractivity contribution is 8.15. The number of carbonyl (C=O) groups excluding carboxylic acids is 2. The maximum absolute atomic E-state index is 13.1. The normalized spacial score (nSPS) is 17.8. The monoisotopic (exact) mass is 413 g/mol. The predicted molar refractivity (Wildman–Crippen MR) is 116 cm³/mol. The Morgan fingerprint density at radius 2 is 1.93 bits per heavy atom. The van der Waals surface area contributed by atoms with Crippen LogP contribution in [-0.2, 0) is 9.59 Å². The van der Waals surface area contributed by atoms with Gasteiger partial charge >= 0.3 is 0 Å². The summed E-state index contributed by atoms with van der Waals surface area (Å²) in [6.45, 7) is 6.40. The van der Waals surface area contributed by atoms with Gasteiger partial charge in [0.2, 0.25) is 11.8 Å². The van der Waals surface area contributed by atoms with Gasteiger partial charge in [0.1, 0.15) is 11.1 Å². The average molecular weight is 414 g/mol. The fourth-order valence-electron chi connectivity index (χ4n) is 3.02. The summed E-state index contributed by atoms with van der Waals surface area (Å²) in [5.74, 6) is -0.659. The molecule has 7 heteroatoms. The van der Waals surface area contributed by atoms with Gasteiger partial charge in [-0.25, -0.2) is 9.38 Å². The summed E-state index contributed by atoms with van der Waals surface area (Å²) < 4.78 is 13.1. The molecule has 0 saturated carbocycles. The third kappa shape index (κ3) is 5.23. The first-order valence-electron chi connectivity index (χ1n) is 9.56. The van der Waals surface area contributed by atoms with E-state index in [1.807, 2.05) is 39.0 Å². The van der Waals surface area contributed by atoms with Gasteiger partial charge in [-0.1, -0.05) is 30.8 Å². The minimum absolute atomic E-state index is 0.0690. The molecule has 0 unspecified atom stereocenters. The van der Waals surface area contributed by atoms with Crippen molar-refractivity contribution >= 4 is 40.1 Å². The molecule has 0 spiro atoms. The number of amidine groups is 1. The zero-order valence-electron chi connectivity index (χ0n) is 16.7. The van der Waals surface area contributed by atoms with E-state index >= 15 is 0 Å². The molecule has 2 aromatic carbocycles. The van der Waals surface area contributed by atoms with E-state index < -0.39 is 5.25 Å². The van der Waals surface area contributed by atoms with Crippen molar-refractivity contribution in [1.82, 2.24) is 4.90 Å². The summed E-state index contributed by atoms with van der Waals surface area (Å²) in [5, 5.41) is 2.94. The fourth-order valence-corrected chi connectivity index (χ4v) is 4.20. The summed E-state index contributed by atoms with van der Waals surface area (Å²) in [6, 6.07) is 11.7. The largest absolute Gasteiger partial charge is 0.326 e. The van der Waals surface area contributed by atoms with E-state index in [0.717, 1.165) is 23.2 Å². The van der Waals surface area contributed by atoms with E-state index in [4.69, 9.17) is 0 Å². The lowest BCUT2D eigenvalue weighted by atomic mass is 10.1. The molecule has 1 atom stereocenters. The molecule has 1 saturated heterocycles. The topological polar surface area (TPSA) is 61.8 Å². The second kappa shape index (κ2) is 9.22. The first-order chi connectivity index (χ1) is 13.9. The predicted octanol–water partition coefficient (Wildman–Crippen LogP) is 4.81. The Labute approximate surface area is 174 Å². The average Bonchev–Trinajstić information content (AvgIpc) is 2.95. The van der Waals surface area contributed by atoms with Gasteiger partial charge < -0.3 is 5.32 Å². The number of nitrogens with zero attached hydrogens (tertiary/aromatic N) is 2. The van der Waals surface area contributed by atoms with Crippen LogP contribution in [-0.4, -0.2) is 33.7 Å². The molecule has 29 heavy (non-hydrogen) atoms. The Kier molecular flexibility index (Phi) is 6.69. The van der Waals surface area contributed by atoms with Gasteiger partial charge in [0, 0.05) is 18.7 Å². The van der Waals surface area contributed by atoms with Gasteiger partial charge in [0.25, 0.3) is 0 Å². The molecule has 5 nitrogen and oxygen atoms in total. The lowest BCUT2D eigenvalue weighted by Gasteiger charge is -2.15. The third-order valence-corrected chi connectivity index (χ3v) is 5.73. The minimum atomic E-state index is -0.522. The molecular formula is C22H24FN3O2S. The first kappa shape index (κ1) is 21.0. The van der Waals surface area contributed by atoms with Crippen molar-refractivity contribution in [2.24, 2.45) is 4.99 Å². The summed E-state index contributed by atoms with van der Waals surface area (Å²) in [5.41, 5.74) is 3.36. The summed E-state index contributed by atoms with van der Waals surface area (Å²) in [7, 11) is 0. The number of anilines is 1. The zero-order chi connectivity index (χ0) is 21.0. The Morgan fingerprint density at radius 1 is 1.21 bits per heavy atom. The number of rotatable bonds is 6. The van der Waals surface area contributed by atoms with Crippen LogP contribution in [0.25, 0.3) is 0 Å². The minimum Gasteiger partial charge on any atom is -0.326 e. The molecule has 1 fully saturated rings. The standard InChI is InChI=1S/C22H24FN3O2S/c1-4-11-26-21(28)19(29-22(26)24-17-9-7-16(23)8-10-17)13-20(27)25-18-12-14(2)5-6-15(18)3/h5-10,12,19H,4,11,13H2,1-3H3,(H,25,27)/t19-/m0/s1. The number of halogens is 1. The van der Waals surface area contributed by atoms with Crippen LogP contribution in [0, 0.1) is 19.7 Å². The summed E-state index contributed by atoms with van der Waals surface area (Å²) >= 11 is 1.28. The van der Waals surface area contributed by atoms with Crippen LogP contribution in [0.1, 0.15) is 30.9 Å². The van der Waals surface area contributed by atoms with E-state index in [2.05, 4.69) is 10.3 Å². The number of nitrogens with one attached hydrogen (secondary N) is 1. The maximum Gasteiger partial charge on any atom is 0.242 e. The highest BCUT2D eigenvalue weighted by Gasteiger charge is 2.38. The van der Waals surface area contributed by atoms with Gasteiger partial charge in [-0.3, -0.25) is 14.5 Å². The molecule has 0 aliphatic carbocycles. The number of hydrogen-bond acceptors (Lipinski definition) is 4. The Balaban J connectivity index is 1.74. The van der Waals surface area contributed by atoms with Gasteiger partial charge in [0.05, 0.1) is 5.69 Å². The van der Waals surface area contributed by atoms with E-state index in [1.54, 1.807) is 17.0 Å². The van der Waals surface area contributed by atoms with Crippen LogP contribution < -0.4 is 5.32 Å². The smallest absolute Gasteiger partial charge is 0.242 e. The van der Waals surface area contributed by atoms with E-state index in [0.29, 0.717) is 17.4 Å². The quantitative estimate of drug-likeness (QED) is 0.739. The molecule has 2 amide bonds. The van der Waals surface area contributed by atoms with Crippen molar-refractivity contribution in [3.8, 4) is 0 Å². The van der Waals surface area contributed by atoms with Crippen LogP contribution in [0.2, 0.25) is 0 Å². The molecule has 0 aromatic heterocycles. The summed E-state index contributed by atoms with van der Waals surface area (Å²) in [6.07, 6.45) is 0.843. The number of aryl methyl sites for hydroxylation is 2. The molecule has 152 valence electrons. The van der Waals surface area contributed by atoms with E-state index in [9.17, 15) is 14.0 Å². The van der Waals surface area contributed by atoms with Gasteiger partial charge in [-0.05, 0) is 61.7 Å². The highest BCUT2D eigenvalue weighted by atomic mass is 32.2. The van der Waals surface area contributed by atoms with Crippen molar-refractivity contribution in [2.75, 3.05) is 11.9 Å². The van der Waals surface area contributed by atoms with Crippen molar-refractivity contribution in [3.63, 3.8) is 0 Å². The van der Waals surface area contributed by atoms with Crippen LogP contribution in [0.5, 0.6) is 0 Å². The zero-order valence-corrected chi connectivity index (χ0v) is 17.6. The first-order valence-corrected chi connectivity index (χ1v) is 10.4.